The Balaban J connectivity index is 2.00. The van der Waals surface area contributed by atoms with Crippen molar-refractivity contribution in [1.82, 2.24) is 13.9 Å². The van der Waals surface area contributed by atoms with Crippen molar-refractivity contribution < 1.29 is 8.42 Å². The summed E-state index contributed by atoms with van der Waals surface area (Å²) in [6.07, 6.45) is 1.50. The Morgan fingerprint density at radius 3 is 2.58 bits per heavy atom. The molecule has 0 saturated carbocycles. The van der Waals surface area contributed by atoms with Gasteiger partial charge >= 0.3 is 0 Å². The van der Waals surface area contributed by atoms with Crippen molar-refractivity contribution >= 4 is 43.6 Å². The lowest BCUT2D eigenvalue weighted by Crippen LogP contribution is -2.12. The highest BCUT2D eigenvalue weighted by Gasteiger charge is 2.20. The SMILES string of the molecule is CCSc1nc2c(ccc3c2ccn3S(=O)(=O)c2ccccc2)c(=O)[nH]1. The highest BCUT2D eigenvalue weighted by Crippen LogP contribution is 2.27. The van der Waals surface area contributed by atoms with Crippen LogP contribution in [0.15, 0.2) is 69.6 Å². The molecule has 4 aromatic rings. The summed E-state index contributed by atoms with van der Waals surface area (Å²) in [4.78, 5) is 19.8. The van der Waals surface area contributed by atoms with Crippen LogP contribution >= 0.6 is 11.8 Å². The van der Waals surface area contributed by atoms with Crippen LogP contribution in [-0.2, 0) is 10.0 Å². The van der Waals surface area contributed by atoms with Gasteiger partial charge < -0.3 is 4.98 Å². The Kier molecular flexibility index (Phi) is 4.08. The minimum Gasteiger partial charge on any atom is -0.301 e. The molecule has 132 valence electrons. The maximum Gasteiger partial charge on any atom is 0.268 e. The largest absolute Gasteiger partial charge is 0.301 e. The summed E-state index contributed by atoms with van der Waals surface area (Å²) in [5.74, 6) is 0.772. The zero-order chi connectivity index (χ0) is 18.3. The first-order chi connectivity index (χ1) is 12.5. The van der Waals surface area contributed by atoms with Crippen LogP contribution in [0.5, 0.6) is 0 Å². The molecule has 0 unspecified atom stereocenters. The van der Waals surface area contributed by atoms with Crippen molar-refractivity contribution in [3.05, 3.63) is 65.1 Å². The monoisotopic (exact) mass is 385 g/mol. The van der Waals surface area contributed by atoms with Crippen LogP contribution in [0.25, 0.3) is 21.8 Å². The lowest BCUT2D eigenvalue weighted by Gasteiger charge is -2.08. The predicted molar refractivity (Wildman–Crippen MR) is 103 cm³/mol. The van der Waals surface area contributed by atoms with Crippen molar-refractivity contribution in [2.45, 2.75) is 17.0 Å². The van der Waals surface area contributed by atoms with Gasteiger partial charge in [-0.3, -0.25) is 4.79 Å². The van der Waals surface area contributed by atoms with Gasteiger partial charge in [0.05, 0.1) is 21.3 Å². The zero-order valence-electron chi connectivity index (χ0n) is 13.8. The molecule has 1 N–H and O–H groups in total. The standard InChI is InChI=1S/C18H15N3O3S2/c1-2-25-18-19-16-13-10-11-21(15(13)9-8-14(16)17(22)20-18)26(23,24)12-6-4-3-5-7-12/h3-11H,2H2,1H3,(H,19,20,22). The molecule has 0 aliphatic heterocycles. The third-order valence-electron chi connectivity index (χ3n) is 4.07. The van der Waals surface area contributed by atoms with Gasteiger partial charge in [0.1, 0.15) is 0 Å². The van der Waals surface area contributed by atoms with Crippen LogP contribution < -0.4 is 5.56 Å². The van der Waals surface area contributed by atoms with Crippen LogP contribution in [0.4, 0.5) is 0 Å². The van der Waals surface area contributed by atoms with E-state index in [4.69, 9.17) is 0 Å². The van der Waals surface area contributed by atoms with E-state index in [1.807, 2.05) is 6.92 Å². The summed E-state index contributed by atoms with van der Waals surface area (Å²) in [7, 11) is -3.72. The molecular formula is C18H15N3O3S2. The number of rotatable bonds is 4. The molecule has 4 rings (SSSR count). The van der Waals surface area contributed by atoms with E-state index in [1.54, 1.807) is 48.5 Å². The van der Waals surface area contributed by atoms with E-state index in [9.17, 15) is 13.2 Å². The van der Waals surface area contributed by atoms with Gasteiger partial charge in [0, 0.05) is 11.6 Å². The van der Waals surface area contributed by atoms with Crippen LogP contribution in [0, 0.1) is 0 Å². The number of fused-ring (bicyclic) bond motifs is 3. The predicted octanol–water partition coefficient (Wildman–Crippen LogP) is 3.23. The van der Waals surface area contributed by atoms with Gasteiger partial charge in [-0.25, -0.2) is 17.4 Å². The van der Waals surface area contributed by atoms with Crippen molar-refractivity contribution in [1.29, 1.82) is 0 Å². The summed E-state index contributed by atoms with van der Waals surface area (Å²) in [5.41, 5.74) is 0.766. The third-order valence-corrected chi connectivity index (χ3v) is 6.53. The number of thioether (sulfide) groups is 1. The molecule has 26 heavy (non-hydrogen) atoms. The lowest BCUT2D eigenvalue weighted by molar-refractivity contribution is 0.589. The number of aromatic amines is 1. The Bertz CT molecular complexity index is 1280. The van der Waals surface area contributed by atoms with Gasteiger partial charge in [-0.05, 0) is 36.1 Å². The second-order valence-corrected chi connectivity index (χ2v) is 8.70. The molecule has 0 aliphatic carbocycles. The lowest BCUT2D eigenvalue weighted by atomic mass is 10.2. The summed E-state index contributed by atoms with van der Waals surface area (Å²) in [6.45, 7) is 1.97. The van der Waals surface area contributed by atoms with Gasteiger partial charge in [-0.15, -0.1) is 0 Å². The molecule has 8 heteroatoms. The van der Waals surface area contributed by atoms with E-state index in [2.05, 4.69) is 9.97 Å². The minimum absolute atomic E-state index is 0.207. The van der Waals surface area contributed by atoms with E-state index in [0.717, 1.165) is 5.75 Å². The summed E-state index contributed by atoms with van der Waals surface area (Å²) in [6, 6.07) is 13.2. The summed E-state index contributed by atoms with van der Waals surface area (Å²) in [5, 5.41) is 1.59. The maximum atomic E-state index is 13.0. The number of aromatic nitrogens is 3. The zero-order valence-corrected chi connectivity index (χ0v) is 15.5. The number of benzene rings is 2. The van der Waals surface area contributed by atoms with Gasteiger partial charge in [-0.2, -0.15) is 0 Å². The van der Waals surface area contributed by atoms with Crippen molar-refractivity contribution in [2.24, 2.45) is 0 Å². The fourth-order valence-corrected chi connectivity index (χ4v) is 4.86. The molecule has 2 aromatic carbocycles. The number of H-pyrrole nitrogens is 1. The van der Waals surface area contributed by atoms with E-state index in [-0.39, 0.29) is 10.5 Å². The molecule has 0 spiro atoms. The molecule has 0 saturated heterocycles. The highest BCUT2D eigenvalue weighted by atomic mass is 32.2. The summed E-state index contributed by atoms with van der Waals surface area (Å²) >= 11 is 1.43. The van der Waals surface area contributed by atoms with Gasteiger partial charge in [-0.1, -0.05) is 36.9 Å². The van der Waals surface area contributed by atoms with Gasteiger partial charge in [0.15, 0.2) is 5.16 Å². The normalized spacial score (nSPS) is 12.0. The van der Waals surface area contributed by atoms with E-state index >= 15 is 0 Å². The molecule has 0 fully saturated rings. The first kappa shape index (κ1) is 16.9. The topological polar surface area (TPSA) is 84.8 Å². The van der Waals surface area contributed by atoms with Crippen LogP contribution in [-0.4, -0.2) is 28.1 Å². The van der Waals surface area contributed by atoms with E-state index < -0.39 is 10.0 Å². The number of hydrogen-bond acceptors (Lipinski definition) is 5. The quantitative estimate of drug-likeness (QED) is 0.431. The molecule has 2 heterocycles. The molecule has 0 aliphatic rings. The van der Waals surface area contributed by atoms with Crippen molar-refractivity contribution in [2.75, 3.05) is 5.75 Å². The molecule has 0 bridgehead atoms. The van der Waals surface area contributed by atoms with Gasteiger partial charge in [0.25, 0.3) is 15.6 Å². The smallest absolute Gasteiger partial charge is 0.268 e. The molecular weight excluding hydrogens is 370 g/mol. The summed E-state index contributed by atoms with van der Waals surface area (Å²) < 4.78 is 27.1. The molecule has 2 aromatic heterocycles. The molecule has 0 atom stereocenters. The Morgan fingerprint density at radius 2 is 1.85 bits per heavy atom. The first-order valence-corrected chi connectivity index (χ1v) is 10.4. The highest BCUT2D eigenvalue weighted by molar-refractivity contribution is 7.99. The second-order valence-electron chi connectivity index (χ2n) is 5.63. The van der Waals surface area contributed by atoms with Crippen LogP contribution in [0.3, 0.4) is 0 Å². The minimum atomic E-state index is -3.72. The fourth-order valence-electron chi connectivity index (χ4n) is 2.89. The van der Waals surface area contributed by atoms with Crippen molar-refractivity contribution in [3.63, 3.8) is 0 Å². The molecule has 6 nitrogen and oxygen atoms in total. The number of hydrogen-bond donors (Lipinski definition) is 1. The second kappa shape index (κ2) is 6.30. The van der Waals surface area contributed by atoms with E-state index in [1.165, 1.54) is 21.9 Å². The van der Waals surface area contributed by atoms with Gasteiger partial charge in [0.2, 0.25) is 0 Å². The first-order valence-electron chi connectivity index (χ1n) is 8.00. The van der Waals surface area contributed by atoms with Crippen LogP contribution in [0.1, 0.15) is 6.92 Å². The Morgan fingerprint density at radius 1 is 1.08 bits per heavy atom. The van der Waals surface area contributed by atoms with Crippen LogP contribution in [0.2, 0.25) is 0 Å². The number of nitrogens with one attached hydrogen (secondary N) is 1. The third kappa shape index (κ3) is 2.62. The Labute approximate surface area is 153 Å². The molecule has 0 radical (unpaired) electrons. The fraction of sp³-hybridized carbons (Fsp3) is 0.111. The molecule has 0 amide bonds. The maximum absolute atomic E-state index is 13.0. The average molecular weight is 385 g/mol. The van der Waals surface area contributed by atoms with E-state index in [0.29, 0.717) is 27.0 Å². The van der Waals surface area contributed by atoms with Crippen molar-refractivity contribution in [3.8, 4) is 0 Å². The number of nitrogens with zero attached hydrogens (tertiary/aromatic N) is 2. The Hall–Kier alpha value is -2.58. The average Bonchev–Trinajstić information content (AvgIpc) is 3.08.